The van der Waals surface area contributed by atoms with Crippen LogP contribution in [0, 0.1) is 0 Å². The molecule has 1 aromatic heterocycles. The van der Waals surface area contributed by atoms with E-state index in [2.05, 4.69) is 74.0 Å². The van der Waals surface area contributed by atoms with Gasteiger partial charge in [0, 0.05) is 37.2 Å². The van der Waals surface area contributed by atoms with Gasteiger partial charge in [0.1, 0.15) is 5.82 Å². The molecule has 0 spiro atoms. The van der Waals surface area contributed by atoms with Gasteiger partial charge in [-0.3, -0.25) is 0 Å². The van der Waals surface area contributed by atoms with Crippen molar-refractivity contribution in [3.8, 4) is 0 Å². The first-order valence-electron chi connectivity index (χ1n) is 9.60. The van der Waals surface area contributed by atoms with Gasteiger partial charge < -0.3 is 15.5 Å². The standard InChI is InChI=1S/C22H25N5/c1-2-6-18(7-3-1)12-14-23-21-13-15-24-22(26-21)25-19-8-10-20(11-9-19)27-16-4-5-17-27/h1-3,6-11,13,15H,4-5,12,14,16-17H2,(H2,23,24,25,26). The highest BCUT2D eigenvalue weighted by molar-refractivity contribution is 5.60. The second-order valence-electron chi connectivity index (χ2n) is 6.79. The van der Waals surface area contributed by atoms with Crippen LogP contribution in [0.25, 0.3) is 0 Å². The van der Waals surface area contributed by atoms with Gasteiger partial charge >= 0.3 is 0 Å². The summed E-state index contributed by atoms with van der Waals surface area (Å²) in [5, 5.41) is 6.66. The lowest BCUT2D eigenvalue weighted by atomic mass is 10.1. The number of nitrogens with zero attached hydrogens (tertiary/aromatic N) is 3. The fraction of sp³-hybridized carbons (Fsp3) is 0.273. The Kier molecular flexibility index (Phi) is 5.48. The van der Waals surface area contributed by atoms with Crippen LogP contribution in [0.15, 0.2) is 66.9 Å². The second kappa shape index (κ2) is 8.54. The third-order valence-corrected chi connectivity index (χ3v) is 4.81. The van der Waals surface area contributed by atoms with Gasteiger partial charge in [0.15, 0.2) is 0 Å². The number of nitrogens with one attached hydrogen (secondary N) is 2. The van der Waals surface area contributed by atoms with Gasteiger partial charge in [0.2, 0.25) is 5.95 Å². The summed E-state index contributed by atoms with van der Waals surface area (Å²) in [5.74, 6) is 1.44. The molecule has 1 aliphatic heterocycles. The number of aromatic nitrogens is 2. The molecule has 0 unspecified atom stereocenters. The van der Waals surface area contributed by atoms with Crippen LogP contribution in [0.4, 0.5) is 23.1 Å². The van der Waals surface area contributed by atoms with E-state index >= 15 is 0 Å². The van der Waals surface area contributed by atoms with E-state index < -0.39 is 0 Å². The molecule has 5 nitrogen and oxygen atoms in total. The molecule has 1 saturated heterocycles. The Labute approximate surface area is 160 Å². The first-order valence-corrected chi connectivity index (χ1v) is 9.60. The third kappa shape index (κ3) is 4.76. The summed E-state index contributed by atoms with van der Waals surface area (Å²) < 4.78 is 0. The predicted molar refractivity (Wildman–Crippen MR) is 112 cm³/mol. The SMILES string of the molecule is c1ccc(CCNc2ccnc(Nc3ccc(N4CCCC4)cc3)n2)cc1. The van der Waals surface area contributed by atoms with Crippen LogP contribution >= 0.6 is 0 Å². The fourth-order valence-electron chi connectivity index (χ4n) is 3.36. The molecule has 0 atom stereocenters. The Morgan fingerprint density at radius 3 is 2.44 bits per heavy atom. The Hall–Kier alpha value is -3.08. The Morgan fingerprint density at radius 1 is 0.889 bits per heavy atom. The van der Waals surface area contributed by atoms with Gasteiger partial charge in [-0.1, -0.05) is 30.3 Å². The van der Waals surface area contributed by atoms with Gasteiger partial charge in [-0.05, 0) is 55.2 Å². The molecule has 0 aliphatic carbocycles. The van der Waals surface area contributed by atoms with E-state index in [0.717, 1.165) is 37.6 Å². The number of rotatable bonds is 7. The van der Waals surface area contributed by atoms with Crippen molar-refractivity contribution in [1.29, 1.82) is 0 Å². The second-order valence-corrected chi connectivity index (χ2v) is 6.79. The van der Waals surface area contributed by atoms with Crippen LogP contribution in [0.1, 0.15) is 18.4 Å². The van der Waals surface area contributed by atoms with E-state index in [1.54, 1.807) is 6.20 Å². The highest BCUT2D eigenvalue weighted by atomic mass is 15.2. The topological polar surface area (TPSA) is 53.1 Å². The third-order valence-electron chi connectivity index (χ3n) is 4.81. The number of hydrogen-bond acceptors (Lipinski definition) is 5. The summed E-state index contributed by atoms with van der Waals surface area (Å²) in [6, 6.07) is 20.9. The molecule has 4 rings (SSSR count). The minimum absolute atomic E-state index is 0.605. The van der Waals surface area contributed by atoms with E-state index in [1.807, 2.05) is 12.1 Å². The monoisotopic (exact) mass is 359 g/mol. The van der Waals surface area contributed by atoms with E-state index in [4.69, 9.17) is 0 Å². The molecule has 2 aromatic carbocycles. The zero-order valence-electron chi connectivity index (χ0n) is 15.4. The van der Waals surface area contributed by atoms with E-state index in [-0.39, 0.29) is 0 Å². The van der Waals surface area contributed by atoms with Crippen LogP contribution in [0.5, 0.6) is 0 Å². The molecule has 2 heterocycles. The first kappa shape index (κ1) is 17.3. The molecule has 2 N–H and O–H groups in total. The highest BCUT2D eigenvalue weighted by Gasteiger charge is 2.11. The van der Waals surface area contributed by atoms with Crippen LogP contribution in [0.3, 0.4) is 0 Å². The van der Waals surface area contributed by atoms with Crippen molar-refractivity contribution in [1.82, 2.24) is 9.97 Å². The van der Waals surface area contributed by atoms with Crippen molar-refractivity contribution >= 4 is 23.1 Å². The number of benzene rings is 2. The average Bonchev–Trinajstić information content (AvgIpc) is 3.25. The fourth-order valence-corrected chi connectivity index (χ4v) is 3.36. The lowest BCUT2D eigenvalue weighted by Crippen LogP contribution is -2.17. The first-order chi connectivity index (χ1) is 13.4. The van der Waals surface area contributed by atoms with Crippen molar-refractivity contribution in [3.05, 3.63) is 72.4 Å². The Morgan fingerprint density at radius 2 is 1.67 bits per heavy atom. The molecule has 27 heavy (non-hydrogen) atoms. The minimum atomic E-state index is 0.605. The molecule has 138 valence electrons. The normalized spacial score (nSPS) is 13.6. The highest BCUT2D eigenvalue weighted by Crippen LogP contribution is 2.23. The largest absolute Gasteiger partial charge is 0.372 e. The summed E-state index contributed by atoms with van der Waals surface area (Å²) in [4.78, 5) is 11.3. The smallest absolute Gasteiger partial charge is 0.229 e. The van der Waals surface area contributed by atoms with Gasteiger partial charge in [-0.2, -0.15) is 4.98 Å². The van der Waals surface area contributed by atoms with Gasteiger partial charge in [-0.25, -0.2) is 4.98 Å². The van der Waals surface area contributed by atoms with Crippen molar-refractivity contribution in [2.24, 2.45) is 0 Å². The predicted octanol–water partition coefficient (Wildman–Crippen LogP) is 4.48. The maximum atomic E-state index is 4.56. The molecule has 0 amide bonds. The Balaban J connectivity index is 1.33. The van der Waals surface area contributed by atoms with E-state index in [0.29, 0.717) is 5.95 Å². The lowest BCUT2D eigenvalue weighted by molar-refractivity contribution is 0.949. The summed E-state index contributed by atoms with van der Waals surface area (Å²) in [7, 11) is 0. The molecule has 0 bridgehead atoms. The molecule has 0 saturated carbocycles. The summed E-state index contributed by atoms with van der Waals surface area (Å²) >= 11 is 0. The molecule has 0 radical (unpaired) electrons. The van der Waals surface area contributed by atoms with Gasteiger partial charge in [0.25, 0.3) is 0 Å². The van der Waals surface area contributed by atoms with E-state index in [9.17, 15) is 0 Å². The summed E-state index contributed by atoms with van der Waals surface area (Å²) in [6.07, 6.45) is 5.32. The van der Waals surface area contributed by atoms with Crippen molar-refractivity contribution in [2.45, 2.75) is 19.3 Å². The number of anilines is 4. The summed E-state index contributed by atoms with van der Waals surface area (Å²) in [5.41, 5.74) is 3.60. The van der Waals surface area contributed by atoms with Crippen LogP contribution in [-0.4, -0.2) is 29.6 Å². The maximum absolute atomic E-state index is 4.56. The van der Waals surface area contributed by atoms with Crippen molar-refractivity contribution < 1.29 is 0 Å². The molecule has 1 aliphatic rings. The van der Waals surface area contributed by atoms with Crippen molar-refractivity contribution in [3.63, 3.8) is 0 Å². The minimum Gasteiger partial charge on any atom is -0.372 e. The maximum Gasteiger partial charge on any atom is 0.229 e. The van der Waals surface area contributed by atoms with Crippen LogP contribution in [0.2, 0.25) is 0 Å². The zero-order valence-corrected chi connectivity index (χ0v) is 15.4. The molecule has 1 fully saturated rings. The molecule has 5 heteroatoms. The number of hydrogen-bond donors (Lipinski definition) is 2. The lowest BCUT2D eigenvalue weighted by Gasteiger charge is -2.17. The van der Waals surface area contributed by atoms with Gasteiger partial charge in [0.05, 0.1) is 0 Å². The van der Waals surface area contributed by atoms with Crippen LogP contribution < -0.4 is 15.5 Å². The molecular formula is C22H25N5. The Bertz CT molecular complexity index is 842. The van der Waals surface area contributed by atoms with Gasteiger partial charge in [-0.15, -0.1) is 0 Å². The molecule has 3 aromatic rings. The van der Waals surface area contributed by atoms with Crippen molar-refractivity contribution in [2.75, 3.05) is 35.2 Å². The molecular weight excluding hydrogens is 334 g/mol. The quantitative estimate of drug-likeness (QED) is 0.652. The summed E-state index contributed by atoms with van der Waals surface area (Å²) in [6.45, 7) is 3.16. The zero-order chi connectivity index (χ0) is 18.3. The van der Waals surface area contributed by atoms with Crippen LogP contribution in [-0.2, 0) is 6.42 Å². The average molecular weight is 359 g/mol. The van der Waals surface area contributed by atoms with E-state index in [1.165, 1.54) is 24.1 Å².